The van der Waals surface area contributed by atoms with Crippen LogP contribution in [0.2, 0.25) is 0 Å². The minimum absolute atomic E-state index is 0.0114. The van der Waals surface area contributed by atoms with Crippen LogP contribution in [0.25, 0.3) is 0 Å². The van der Waals surface area contributed by atoms with Gasteiger partial charge in [-0.3, -0.25) is 20.0 Å². The molecular formula is C39H42N6O4. The predicted octanol–water partition coefficient (Wildman–Crippen LogP) is 5.90. The molecule has 49 heavy (non-hydrogen) atoms. The van der Waals surface area contributed by atoms with Crippen molar-refractivity contribution < 1.29 is 18.9 Å². The normalized spacial score (nSPS) is 28.9. The fourth-order valence-corrected chi connectivity index (χ4v) is 8.47. The third-order valence-electron chi connectivity index (χ3n) is 10.7. The summed E-state index contributed by atoms with van der Waals surface area (Å²) in [7, 11) is 0. The summed E-state index contributed by atoms with van der Waals surface area (Å²) in [4.78, 5) is 19.0. The van der Waals surface area contributed by atoms with E-state index in [2.05, 4.69) is 91.2 Å². The van der Waals surface area contributed by atoms with Crippen LogP contribution in [-0.2, 0) is 18.9 Å². The van der Waals surface area contributed by atoms with E-state index in [4.69, 9.17) is 38.9 Å². The van der Waals surface area contributed by atoms with Gasteiger partial charge in [-0.1, -0.05) is 54.6 Å². The van der Waals surface area contributed by atoms with E-state index in [0.717, 1.165) is 47.8 Å². The molecule has 3 aromatic carbocycles. The van der Waals surface area contributed by atoms with Gasteiger partial charge in [0.1, 0.15) is 37.5 Å². The van der Waals surface area contributed by atoms with Crippen LogP contribution in [0.3, 0.4) is 0 Å². The first kappa shape index (κ1) is 30.2. The first-order chi connectivity index (χ1) is 24.0. The monoisotopic (exact) mass is 658 g/mol. The van der Waals surface area contributed by atoms with E-state index < -0.39 is 11.1 Å². The Hall–Kier alpha value is -4.86. The van der Waals surface area contributed by atoms with E-state index in [1.807, 2.05) is 0 Å². The molecular weight excluding hydrogens is 616 g/mol. The zero-order valence-electron chi connectivity index (χ0n) is 28.1. The zero-order valence-corrected chi connectivity index (χ0v) is 28.1. The van der Waals surface area contributed by atoms with Crippen molar-refractivity contribution in [1.29, 1.82) is 0 Å². The molecule has 0 saturated heterocycles. The Morgan fingerprint density at radius 2 is 1.04 bits per heavy atom. The van der Waals surface area contributed by atoms with Gasteiger partial charge < -0.3 is 29.6 Å². The van der Waals surface area contributed by atoms with Gasteiger partial charge in [0.25, 0.3) is 0 Å². The molecule has 0 aromatic heterocycles. The quantitative estimate of drug-likeness (QED) is 0.306. The largest absolute Gasteiger partial charge is 0.479 e. The molecule has 4 unspecified atom stereocenters. The molecule has 2 N–H and O–H groups in total. The standard InChI is InChI=1S/C39H42N6O4/c1-38(36-42-14-18-48-36)22-29(34-40-12-16-46-34)27-20-25(8-10-31(27)44-38)33(24-6-4-3-5-7-24)26-9-11-32-28(21-26)30(35-41-13-17-47-35)23-39(2,45-32)37-43-15-19-49-37/h3-11,20-21,29-30,33,44-45H,12-19,22-23H2,1-2H3. The highest BCUT2D eigenvalue weighted by Gasteiger charge is 2.46. The zero-order chi connectivity index (χ0) is 33.0. The molecule has 0 fully saturated rings. The van der Waals surface area contributed by atoms with E-state index in [0.29, 0.717) is 52.6 Å². The van der Waals surface area contributed by atoms with E-state index in [9.17, 15) is 0 Å². The fourth-order valence-electron chi connectivity index (χ4n) is 8.47. The molecule has 10 nitrogen and oxygen atoms in total. The SMILES string of the molecule is CC1(C2=NCCO2)CC(C2=NCCO2)c2cc(C(c3ccccc3)c3ccc4c(c3)C(C3=NCCO3)CC(C)(C3=NCCO3)N4)ccc2N1. The minimum atomic E-state index is -0.446. The molecule has 0 saturated carbocycles. The molecule has 4 atom stereocenters. The maximum absolute atomic E-state index is 6.15. The lowest BCUT2D eigenvalue weighted by atomic mass is 9.75. The Kier molecular flexibility index (Phi) is 7.36. The van der Waals surface area contributed by atoms with Crippen LogP contribution in [0.4, 0.5) is 11.4 Å². The number of nitrogens with one attached hydrogen (secondary N) is 2. The number of benzene rings is 3. The van der Waals surface area contributed by atoms with Crippen LogP contribution in [-0.4, -0.2) is 87.3 Å². The number of ether oxygens (including phenoxy) is 4. The fraction of sp³-hybridized carbons (Fsp3) is 0.436. The lowest BCUT2D eigenvalue weighted by Crippen LogP contribution is -2.49. The van der Waals surface area contributed by atoms with Gasteiger partial charge in [0.2, 0.25) is 11.8 Å². The number of hydrogen-bond acceptors (Lipinski definition) is 10. The summed E-state index contributed by atoms with van der Waals surface area (Å²) >= 11 is 0. The molecule has 6 aliphatic rings. The van der Waals surface area contributed by atoms with Gasteiger partial charge in [-0.2, -0.15) is 0 Å². The Morgan fingerprint density at radius 1 is 0.571 bits per heavy atom. The van der Waals surface area contributed by atoms with Crippen molar-refractivity contribution in [2.75, 3.05) is 63.2 Å². The van der Waals surface area contributed by atoms with Crippen LogP contribution in [0.5, 0.6) is 0 Å². The molecule has 252 valence electrons. The smallest absolute Gasteiger partial charge is 0.209 e. The average molecular weight is 659 g/mol. The maximum Gasteiger partial charge on any atom is 0.209 e. The summed E-state index contributed by atoms with van der Waals surface area (Å²) in [6.07, 6.45) is 1.50. The van der Waals surface area contributed by atoms with Gasteiger partial charge in [0.05, 0.1) is 38.0 Å². The van der Waals surface area contributed by atoms with Crippen molar-refractivity contribution in [2.45, 2.75) is 55.5 Å². The van der Waals surface area contributed by atoms with Crippen molar-refractivity contribution >= 4 is 35.0 Å². The molecule has 0 aliphatic carbocycles. The van der Waals surface area contributed by atoms with Crippen LogP contribution >= 0.6 is 0 Å². The second kappa shape index (κ2) is 11.9. The number of fused-ring (bicyclic) bond motifs is 2. The average Bonchev–Trinajstić information content (AvgIpc) is 3.97. The first-order valence-corrected chi connectivity index (χ1v) is 17.6. The molecule has 0 bridgehead atoms. The third-order valence-corrected chi connectivity index (χ3v) is 10.7. The minimum Gasteiger partial charge on any atom is -0.479 e. The summed E-state index contributed by atoms with van der Waals surface area (Å²) in [6, 6.07) is 24.4. The topological polar surface area (TPSA) is 110 Å². The van der Waals surface area contributed by atoms with E-state index in [1.54, 1.807) is 0 Å². The summed E-state index contributed by atoms with van der Waals surface area (Å²) in [6.45, 7) is 9.59. The van der Waals surface area contributed by atoms with Crippen molar-refractivity contribution in [3.8, 4) is 0 Å². The molecule has 6 heterocycles. The second-order valence-corrected chi connectivity index (χ2v) is 14.2. The van der Waals surface area contributed by atoms with Gasteiger partial charge in [0, 0.05) is 17.3 Å². The van der Waals surface area contributed by atoms with E-state index >= 15 is 0 Å². The number of nitrogens with zero attached hydrogens (tertiary/aromatic N) is 4. The molecule has 10 heteroatoms. The summed E-state index contributed by atoms with van der Waals surface area (Å²) in [5, 5.41) is 7.60. The van der Waals surface area contributed by atoms with Crippen LogP contribution in [0.15, 0.2) is 86.7 Å². The summed E-state index contributed by atoms with van der Waals surface area (Å²) < 4.78 is 24.3. The van der Waals surface area contributed by atoms with Gasteiger partial charge in [-0.05, 0) is 66.6 Å². The molecule has 0 amide bonds. The highest BCUT2D eigenvalue weighted by Crippen LogP contribution is 2.47. The number of aliphatic imine (C=N–C) groups is 4. The van der Waals surface area contributed by atoms with Crippen molar-refractivity contribution in [3.05, 3.63) is 94.5 Å². The van der Waals surface area contributed by atoms with Crippen LogP contribution in [0.1, 0.15) is 72.3 Å². The van der Waals surface area contributed by atoms with Gasteiger partial charge in [-0.15, -0.1) is 0 Å². The van der Waals surface area contributed by atoms with Gasteiger partial charge in [0.15, 0.2) is 11.8 Å². The lowest BCUT2D eigenvalue weighted by molar-refractivity contribution is 0.302. The molecule has 0 spiro atoms. The Labute approximate surface area is 286 Å². The van der Waals surface area contributed by atoms with Crippen molar-refractivity contribution in [2.24, 2.45) is 20.0 Å². The Balaban J connectivity index is 1.15. The summed E-state index contributed by atoms with van der Waals surface area (Å²) in [5.41, 5.74) is 7.26. The Bertz CT molecular complexity index is 1790. The highest BCUT2D eigenvalue weighted by atomic mass is 16.5. The number of rotatable bonds is 7. The number of anilines is 2. The lowest BCUT2D eigenvalue weighted by Gasteiger charge is -2.41. The van der Waals surface area contributed by atoms with Gasteiger partial charge >= 0.3 is 0 Å². The van der Waals surface area contributed by atoms with Gasteiger partial charge in [-0.25, -0.2) is 0 Å². The molecule has 6 aliphatic heterocycles. The predicted molar refractivity (Wildman–Crippen MR) is 192 cm³/mol. The third kappa shape index (κ3) is 5.32. The number of hydrogen-bond donors (Lipinski definition) is 2. The second-order valence-electron chi connectivity index (χ2n) is 14.2. The maximum atomic E-state index is 6.15. The van der Waals surface area contributed by atoms with Crippen LogP contribution in [0, 0.1) is 0 Å². The molecule has 3 aromatic rings. The van der Waals surface area contributed by atoms with E-state index in [1.165, 1.54) is 27.8 Å². The summed E-state index contributed by atoms with van der Waals surface area (Å²) in [5.74, 6) is 3.11. The molecule has 0 radical (unpaired) electrons. The Morgan fingerprint density at radius 3 is 1.47 bits per heavy atom. The van der Waals surface area contributed by atoms with Crippen molar-refractivity contribution in [3.63, 3.8) is 0 Å². The van der Waals surface area contributed by atoms with Crippen LogP contribution < -0.4 is 10.6 Å². The first-order valence-electron chi connectivity index (χ1n) is 17.6. The highest BCUT2D eigenvalue weighted by molar-refractivity contribution is 5.96. The molecule has 9 rings (SSSR count). The van der Waals surface area contributed by atoms with E-state index in [-0.39, 0.29) is 17.8 Å². The van der Waals surface area contributed by atoms with Crippen molar-refractivity contribution in [1.82, 2.24) is 0 Å².